The minimum absolute atomic E-state index is 0.338. The van der Waals surface area contributed by atoms with E-state index in [9.17, 15) is 0 Å². The van der Waals surface area contributed by atoms with E-state index in [0.29, 0.717) is 12.1 Å². The van der Waals surface area contributed by atoms with Crippen molar-refractivity contribution < 1.29 is 0 Å². The van der Waals surface area contributed by atoms with Gasteiger partial charge in [0.25, 0.3) is 0 Å². The molecule has 0 spiro atoms. The molecule has 1 fully saturated rings. The maximum atomic E-state index is 6.03. The number of rotatable bonds is 4. The molecule has 1 aliphatic carbocycles. The topological polar surface area (TPSA) is 93.2 Å². The number of anilines is 3. The van der Waals surface area contributed by atoms with E-state index in [1.165, 1.54) is 4.70 Å². The molecule has 1 aromatic carbocycles. The quantitative estimate of drug-likeness (QED) is 0.484. The number of thiazole rings is 1. The zero-order valence-electron chi connectivity index (χ0n) is 15.7. The van der Waals surface area contributed by atoms with Crippen LogP contribution in [0.5, 0.6) is 0 Å². The van der Waals surface area contributed by atoms with Crippen molar-refractivity contribution >= 4 is 44.4 Å². The predicted molar refractivity (Wildman–Crippen MR) is 114 cm³/mol. The first-order valence-electron chi connectivity index (χ1n) is 9.65. The lowest BCUT2D eigenvalue weighted by atomic mass is 9.92. The largest absolute Gasteiger partial charge is 0.366 e. The lowest BCUT2D eigenvalue weighted by molar-refractivity contribution is 0.410. The van der Waals surface area contributed by atoms with Crippen LogP contribution < -0.4 is 16.4 Å². The van der Waals surface area contributed by atoms with Crippen molar-refractivity contribution in [3.63, 3.8) is 0 Å². The first-order valence-corrected chi connectivity index (χ1v) is 10.5. The monoisotopic (exact) mass is 393 g/mol. The molecular formula is C20H23N7S. The van der Waals surface area contributed by atoms with Crippen LogP contribution in [-0.4, -0.2) is 31.7 Å². The number of benzene rings is 1. The van der Waals surface area contributed by atoms with Gasteiger partial charge >= 0.3 is 0 Å². The molecule has 28 heavy (non-hydrogen) atoms. The number of nitrogens with zero attached hydrogens (tertiary/aromatic N) is 4. The summed E-state index contributed by atoms with van der Waals surface area (Å²) in [4.78, 5) is 9.00. The minimum Gasteiger partial charge on any atom is -0.366 e. The number of hydrogen-bond donors (Lipinski definition) is 3. The third kappa shape index (κ3) is 3.41. The Morgan fingerprint density at radius 2 is 2.04 bits per heavy atom. The zero-order valence-corrected chi connectivity index (χ0v) is 16.5. The second kappa shape index (κ2) is 7.03. The lowest BCUT2D eigenvalue weighted by Crippen LogP contribution is -2.33. The fourth-order valence-corrected chi connectivity index (χ4v) is 4.69. The Labute approximate surface area is 167 Å². The smallest absolute Gasteiger partial charge is 0.177 e. The molecule has 0 bridgehead atoms. The van der Waals surface area contributed by atoms with Crippen LogP contribution in [-0.2, 0) is 0 Å². The molecular weight excluding hydrogens is 370 g/mol. The fourth-order valence-electron chi connectivity index (χ4n) is 3.82. The maximum Gasteiger partial charge on any atom is 0.177 e. The van der Waals surface area contributed by atoms with Gasteiger partial charge in [-0.15, -0.1) is 16.4 Å². The Kier molecular flexibility index (Phi) is 4.37. The number of fused-ring (bicyclic) bond motifs is 2. The second-order valence-electron chi connectivity index (χ2n) is 7.44. The molecule has 0 aliphatic heterocycles. The van der Waals surface area contributed by atoms with Gasteiger partial charge in [0, 0.05) is 36.2 Å². The summed E-state index contributed by atoms with van der Waals surface area (Å²) in [6.45, 7) is 2.03. The number of hydrogen-bond acceptors (Lipinski definition) is 7. The fraction of sp³-hybridized carbons (Fsp3) is 0.350. The minimum atomic E-state index is 0.338. The molecule has 8 heteroatoms. The van der Waals surface area contributed by atoms with E-state index in [1.807, 2.05) is 23.7 Å². The SMILES string of the molecule is Cc1nc2ccc(Nc3cc(NC4CCC(N)CC4)nn4ccnc34)cc2s1. The number of nitrogens with two attached hydrogens (primary N) is 1. The van der Waals surface area contributed by atoms with E-state index in [4.69, 9.17) is 5.73 Å². The van der Waals surface area contributed by atoms with Crippen LogP contribution in [0.1, 0.15) is 30.7 Å². The maximum absolute atomic E-state index is 6.03. The van der Waals surface area contributed by atoms with Gasteiger partial charge in [0.05, 0.1) is 20.9 Å². The number of aryl methyl sites for hydroxylation is 1. The molecule has 1 aliphatic rings. The third-order valence-electron chi connectivity index (χ3n) is 5.26. The highest BCUT2D eigenvalue weighted by molar-refractivity contribution is 7.18. The highest BCUT2D eigenvalue weighted by Gasteiger charge is 2.19. The average Bonchev–Trinajstić information content (AvgIpc) is 3.29. The Bertz CT molecular complexity index is 1120. The van der Waals surface area contributed by atoms with Crippen LogP contribution >= 0.6 is 11.3 Å². The predicted octanol–water partition coefficient (Wildman–Crippen LogP) is 4.07. The molecule has 3 aromatic heterocycles. The average molecular weight is 394 g/mol. The third-order valence-corrected chi connectivity index (χ3v) is 6.19. The van der Waals surface area contributed by atoms with Gasteiger partial charge in [-0.1, -0.05) is 0 Å². The summed E-state index contributed by atoms with van der Waals surface area (Å²) in [5.41, 5.74) is 9.81. The van der Waals surface area contributed by atoms with Crippen LogP contribution in [0.25, 0.3) is 15.9 Å². The summed E-state index contributed by atoms with van der Waals surface area (Å²) in [7, 11) is 0. The van der Waals surface area contributed by atoms with Crippen molar-refractivity contribution in [2.75, 3.05) is 10.6 Å². The molecule has 3 heterocycles. The van der Waals surface area contributed by atoms with Crippen molar-refractivity contribution in [1.82, 2.24) is 19.6 Å². The van der Waals surface area contributed by atoms with E-state index < -0.39 is 0 Å². The summed E-state index contributed by atoms with van der Waals surface area (Å²) in [6.07, 6.45) is 7.92. The van der Waals surface area contributed by atoms with Crippen molar-refractivity contribution in [2.45, 2.75) is 44.7 Å². The lowest BCUT2D eigenvalue weighted by Gasteiger charge is -2.27. The molecule has 7 nitrogen and oxygen atoms in total. The summed E-state index contributed by atoms with van der Waals surface area (Å²) < 4.78 is 2.99. The summed E-state index contributed by atoms with van der Waals surface area (Å²) in [5, 5.41) is 12.8. The van der Waals surface area contributed by atoms with Gasteiger partial charge in [-0.2, -0.15) is 0 Å². The standard InChI is InChI=1S/C20H23N7S/c1-12-23-16-7-6-15(10-18(16)28-12)24-17-11-19(26-27-9-8-22-20(17)27)25-14-4-2-13(21)3-5-14/h6-11,13-14,24H,2-5,21H2,1H3,(H,25,26). The number of nitrogens with one attached hydrogen (secondary N) is 2. The van der Waals surface area contributed by atoms with Crippen LogP contribution in [0, 0.1) is 6.92 Å². The molecule has 0 radical (unpaired) electrons. The van der Waals surface area contributed by atoms with Crippen LogP contribution in [0.15, 0.2) is 36.7 Å². The van der Waals surface area contributed by atoms with Crippen LogP contribution in [0.3, 0.4) is 0 Å². The number of aromatic nitrogens is 4. The molecule has 4 aromatic rings. The van der Waals surface area contributed by atoms with Crippen LogP contribution in [0.2, 0.25) is 0 Å². The van der Waals surface area contributed by atoms with Crippen molar-refractivity contribution in [1.29, 1.82) is 0 Å². The van der Waals surface area contributed by atoms with Crippen molar-refractivity contribution in [2.24, 2.45) is 5.73 Å². The Morgan fingerprint density at radius 1 is 1.18 bits per heavy atom. The molecule has 0 atom stereocenters. The second-order valence-corrected chi connectivity index (χ2v) is 8.67. The molecule has 0 amide bonds. The molecule has 5 rings (SSSR count). The first-order chi connectivity index (χ1) is 13.6. The van der Waals surface area contributed by atoms with E-state index in [-0.39, 0.29) is 0 Å². The van der Waals surface area contributed by atoms with Crippen LogP contribution in [0.4, 0.5) is 17.2 Å². The first kappa shape index (κ1) is 17.4. The number of imidazole rings is 1. The van der Waals surface area contributed by atoms with Gasteiger partial charge in [-0.05, 0) is 50.8 Å². The van der Waals surface area contributed by atoms with E-state index in [1.54, 1.807) is 17.5 Å². The summed E-state index contributed by atoms with van der Waals surface area (Å²) in [5.74, 6) is 0.850. The zero-order chi connectivity index (χ0) is 19.1. The summed E-state index contributed by atoms with van der Waals surface area (Å²) in [6, 6.07) is 9.03. The highest BCUT2D eigenvalue weighted by Crippen LogP contribution is 2.29. The van der Waals surface area contributed by atoms with Gasteiger partial charge in [0.2, 0.25) is 0 Å². The van der Waals surface area contributed by atoms with Gasteiger partial charge in [-0.3, -0.25) is 0 Å². The van der Waals surface area contributed by atoms with Crippen molar-refractivity contribution in [3.8, 4) is 0 Å². The Balaban J connectivity index is 1.44. The Morgan fingerprint density at radius 3 is 2.89 bits per heavy atom. The van der Waals surface area contributed by atoms with E-state index in [2.05, 4.69) is 43.9 Å². The van der Waals surface area contributed by atoms with E-state index >= 15 is 0 Å². The Hall–Kier alpha value is -2.71. The molecule has 4 N–H and O–H groups in total. The molecule has 1 saturated carbocycles. The van der Waals surface area contributed by atoms with Gasteiger partial charge in [0.1, 0.15) is 5.82 Å². The van der Waals surface area contributed by atoms with Gasteiger partial charge in [0.15, 0.2) is 5.65 Å². The highest BCUT2D eigenvalue weighted by atomic mass is 32.1. The normalized spacial score (nSPS) is 19.9. The summed E-state index contributed by atoms with van der Waals surface area (Å²) >= 11 is 1.70. The van der Waals surface area contributed by atoms with E-state index in [0.717, 1.165) is 59.0 Å². The van der Waals surface area contributed by atoms with Gasteiger partial charge < -0.3 is 16.4 Å². The van der Waals surface area contributed by atoms with Gasteiger partial charge in [-0.25, -0.2) is 14.5 Å². The molecule has 144 valence electrons. The van der Waals surface area contributed by atoms with Crippen molar-refractivity contribution in [3.05, 3.63) is 41.7 Å². The molecule has 0 saturated heterocycles. The molecule has 0 unspecified atom stereocenters.